The number of nitrogens with one attached hydrogen (secondary N) is 1. The monoisotopic (exact) mass is 362 g/mol. The highest BCUT2D eigenvalue weighted by atomic mass is 16.6. The predicted octanol–water partition coefficient (Wildman–Crippen LogP) is 5.12. The Hall–Kier alpha value is -3.21. The van der Waals surface area contributed by atoms with Crippen molar-refractivity contribution in [3.8, 4) is 0 Å². The van der Waals surface area contributed by atoms with E-state index in [1.807, 2.05) is 43.3 Å². The molecule has 0 aliphatic heterocycles. The molecular formula is C22H22N2O3. The van der Waals surface area contributed by atoms with Gasteiger partial charge in [-0.05, 0) is 56.2 Å². The minimum absolute atomic E-state index is 0.124. The van der Waals surface area contributed by atoms with E-state index in [-0.39, 0.29) is 11.6 Å². The van der Waals surface area contributed by atoms with Crippen LogP contribution in [-0.4, -0.2) is 22.5 Å². The summed E-state index contributed by atoms with van der Waals surface area (Å²) in [6.07, 6.45) is 0.886. The fraction of sp³-hybridized carbons (Fsp3) is 0.227. The quantitative estimate of drug-likeness (QED) is 0.657. The van der Waals surface area contributed by atoms with Crippen LogP contribution in [0.15, 0.2) is 54.7 Å². The van der Waals surface area contributed by atoms with Gasteiger partial charge in [-0.25, -0.2) is 9.78 Å². The van der Waals surface area contributed by atoms with Crippen molar-refractivity contribution in [3.05, 3.63) is 71.4 Å². The minimum Gasteiger partial charge on any atom is -0.444 e. The van der Waals surface area contributed by atoms with Crippen molar-refractivity contribution in [2.75, 3.05) is 5.32 Å². The van der Waals surface area contributed by atoms with Gasteiger partial charge in [0, 0.05) is 17.3 Å². The molecule has 1 aromatic heterocycles. The molecule has 1 heterocycles. The second-order valence-corrected chi connectivity index (χ2v) is 7.36. The summed E-state index contributed by atoms with van der Waals surface area (Å²) in [6.45, 7) is 7.36. The summed E-state index contributed by atoms with van der Waals surface area (Å²) < 4.78 is 5.22. The zero-order chi connectivity index (χ0) is 19.6. The highest BCUT2D eigenvalue weighted by Crippen LogP contribution is 2.25. The van der Waals surface area contributed by atoms with Gasteiger partial charge in [0.1, 0.15) is 11.4 Å². The number of carbonyl (C=O) groups is 2. The van der Waals surface area contributed by atoms with E-state index in [2.05, 4.69) is 10.3 Å². The molecule has 5 nitrogen and oxygen atoms in total. The largest absolute Gasteiger partial charge is 0.444 e. The Balaban J connectivity index is 1.91. The molecule has 0 radical (unpaired) electrons. The molecule has 0 aliphatic rings. The molecule has 0 atom stereocenters. The smallest absolute Gasteiger partial charge is 0.413 e. The van der Waals surface area contributed by atoms with E-state index < -0.39 is 11.7 Å². The first-order chi connectivity index (χ1) is 12.7. The van der Waals surface area contributed by atoms with Crippen LogP contribution >= 0.6 is 0 Å². The average molecular weight is 362 g/mol. The standard InChI is InChI=1S/C22H22N2O3/c1-14-9-10-18(17-8-6-5-7-16(14)17)20(25)15-11-12-23-19(13-15)24-21(26)27-22(2,3)4/h5-13H,1-4H3,(H,23,24,26). The minimum atomic E-state index is -0.613. The topological polar surface area (TPSA) is 68.3 Å². The first kappa shape index (κ1) is 18.6. The van der Waals surface area contributed by atoms with Crippen LogP contribution in [0, 0.1) is 6.92 Å². The molecule has 27 heavy (non-hydrogen) atoms. The van der Waals surface area contributed by atoms with Gasteiger partial charge in [0.2, 0.25) is 0 Å². The number of benzene rings is 2. The number of aryl methyl sites for hydroxylation is 1. The Labute approximate surface area is 158 Å². The van der Waals surface area contributed by atoms with Crippen LogP contribution in [0.2, 0.25) is 0 Å². The number of ketones is 1. The van der Waals surface area contributed by atoms with E-state index in [0.29, 0.717) is 11.1 Å². The predicted molar refractivity (Wildman–Crippen MR) is 106 cm³/mol. The molecule has 138 valence electrons. The van der Waals surface area contributed by atoms with Crippen molar-refractivity contribution in [2.45, 2.75) is 33.3 Å². The first-order valence-electron chi connectivity index (χ1n) is 8.74. The summed E-state index contributed by atoms with van der Waals surface area (Å²) >= 11 is 0. The van der Waals surface area contributed by atoms with Gasteiger partial charge in [-0.2, -0.15) is 0 Å². The number of anilines is 1. The molecule has 3 aromatic rings. The number of pyridine rings is 1. The van der Waals surface area contributed by atoms with E-state index in [4.69, 9.17) is 4.74 Å². The summed E-state index contributed by atoms with van der Waals surface area (Å²) in [5.74, 6) is 0.146. The third-order valence-electron chi connectivity index (χ3n) is 4.04. The molecule has 0 aliphatic carbocycles. The van der Waals surface area contributed by atoms with E-state index in [0.717, 1.165) is 16.3 Å². The summed E-state index contributed by atoms with van der Waals surface area (Å²) in [7, 11) is 0. The van der Waals surface area contributed by atoms with Gasteiger partial charge in [0.05, 0.1) is 0 Å². The molecule has 1 N–H and O–H groups in total. The normalized spacial score (nSPS) is 11.3. The van der Waals surface area contributed by atoms with Crippen molar-refractivity contribution < 1.29 is 14.3 Å². The van der Waals surface area contributed by atoms with Gasteiger partial charge in [-0.3, -0.25) is 10.1 Å². The van der Waals surface area contributed by atoms with Crippen molar-refractivity contribution in [2.24, 2.45) is 0 Å². The third kappa shape index (κ3) is 4.31. The van der Waals surface area contributed by atoms with E-state index >= 15 is 0 Å². The van der Waals surface area contributed by atoms with Crippen molar-refractivity contribution in [3.63, 3.8) is 0 Å². The third-order valence-corrected chi connectivity index (χ3v) is 4.04. The fourth-order valence-electron chi connectivity index (χ4n) is 2.85. The number of rotatable bonds is 3. The number of hydrogen-bond acceptors (Lipinski definition) is 4. The second kappa shape index (κ2) is 7.19. The Morgan fingerprint density at radius 3 is 2.41 bits per heavy atom. The van der Waals surface area contributed by atoms with Gasteiger partial charge in [0.25, 0.3) is 0 Å². The molecule has 0 saturated heterocycles. The Morgan fingerprint density at radius 2 is 1.70 bits per heavy atom. The second-order valence-electron chi connectivity index (χ2n) is 7.36. The van der Waals surface area contributed by atoms with Crippen LogP contribution in [0.1, 0.15) is 42.3 Å². The number of hydrogen-bond donors (Lipinski definition) is 1. The van der Waals surface area contributed by atoms with Crippen LogP contribution in [0.3, 0.4) is 0 Å². The summed E-state index contributed by atoms with van der Waals surface area (Å²) in [4.78, 5) is 29.1. The number of amides is 1. The molecule has 5 heteroatoms. The number of carbonyl (C=O) groups excluding carboxylic acids is 2. The molecule has 0 bridgehead atoms. The van der Waals surface area contributed by atoms with E-state index in [1.165, 1.54) is 6.20 Å². The summed E-state index contributed by atoms with van der Waals surface area (Å²) in [6, 6.07) is 14.8. The number of ether oxygens (including phenoxy) is 1. The van der Waals surface area contributed by atoms with Gasteiger partial charge in [0.15, 0.2) is 5.78 Å². The number of nitrogens with zero attached hydrogens (tertiary/aromatic N) is 1. The number of aromatic nitrogens is 1. The van der Waals surface area contributed by atoms with Gasteiger partial charge in [-0.1, -0.05) is 36.4 Å². The van der Waals surface area contributed by atoms with E-state index in [1.54, 1.807) is 32.9 Å². The lowest BCUT2D eigenvalue weighted by Gasteiger charge is -2.19. The average Bonchev–Trinajstić information content (AvgIpc) is 2.60. The highest BCUT2D eigenvalue weighted by molar-refractivity contribution is 6.17. The lowest BCUT2D eigenvalue weighted by molar-refractivity contribution is 0.0635. The maximum absolute atomic E-state index is 13.1. The van der Waals surface area contributed by atoms with Crippen LogP contribution in [0.4, 0.5) is 10.6 Å². The number of fused-ring (bicyclic) bond motifs is 1. The first-order valence-corrected chi connectivity index (χ1v) is 8.74. The van der Waals surface area contributed by atoms with Gasteiger partial charge < -0.3 is 4.74 Å². The fourth-order valence-corrected chi connectivity index (χ4v) is 2.85. The van der Waals surface area contributed by atoms with Gasteiger partial charge >= 0.3 is 6.09 Å². The van der Waals surface area contributed by atoms with Crippen molar-refractivity contribution in [1.82, 2.24) is 4.98 Å². The molecule has 0 fully saturated rings. The zero-order valence-corrected chi connectivity index (χ0v) is 15.9. The van der Waals surface area contributed by atoms with Crippen LogP contribution in [0.5, 0.6) is 0 Å². The van der Waals surface area contributed by atoms with Crippen molar-refractivity contribution in [1.29, 1.82) is 0 Å². The highest BCUT2D eigenvalue weighted by Gasteiger charge is 2.18. The summed E-state index contributed by atoms with van der Waals surface area (Å²) in [5.41, 5.74) is 1.57. The Bertz CT molecular complexity index is 1020. The Morgan fingerprint density at radius 1 is 1.00 bits per heavy atom. The Kier molecular flexibility index (Phi) is 4.95. The molecule has 0 saturated carbocycles. The van der Waals surface area contributed by atoms with Crippen molar-refractivity contribution >= 4 is 28.5 Å². The molecular weight excluding hydrogens is 340 g/mol. The van der Waals surface area contributed by atoms with Crippen LogP contribution in [0.25, 0.3) is 10.8 Å². The molecule has 0 spiro atoms. The molecule has 1 amide bonds. The maximum atomic E-state index is 13.1. The zero-order valence-electron chi connectivity index (χ0n) is 15.9. The van der Waals surface area contributed by atoms with E-state index in [9.17, 15) is 9.59 Å². The van der Waals surface area contributed by atoms with Crippen LogP contribution < -0.4 is 5.32 Å². The summed E-state index contributed by atoms with van der Waals surface area (Å²) in [5, 5.41) is 4.52. The van der Waals surface area contributed by atoms with Gasteiger partial charge in [-0.15, -0.1) is 0 Å². The lowest BCUT2D eigenvalue weighted by atomic mass is 9.95. The lowest BCUT2D eigenvalue weighted by Crippen LogP contribution is -2.27. The molecule has 2 aromatic carbocycles. The maximum Gasteiger partial charge on any atom is 0.413 e. The SMILES string of the molecule is Cc1ccc(C(=O)c2ccnc(NC(=O)OC(C)(C)C)c2)c2ccccc12. The van der Waals surface area contributed by atoms with Crippen LogP contribution in [-0.2, 0) is 4.74 Å². The molecule has 3 rings (SSSR count). The molecule has 0 unspecified atom stereocenters.